The van der Waals surface area contributed by atoms with Crippen molar-refractivity contribution in [3.05, 3.63) is 75.8 Å². The van der Waals surface area contributed by atoms with Crippen molar-refractivity contribution < 1.29 is 19.2 Å². The van der Waals surface area contributed by atoms with Crippen LogP contribution in [-0.4, -0.2) is 24.1 Å². The zero-order valence-corrected chi connectivity index (χ0v) is 15.0. The molecule has 0 fully saturated rings. The van der Waals surface area contributed by atoms with E-state index in [1.807, 2.05) is 37.3 Å². The van der Waals surface area contributed by atoms with Gasteiger partial charge in [-0.1, -0.05) is 37.3 Å². The first-order chi connectivity index (χ1) is 12.5. The molecule has 138 valence electrons. The van der Waals surface area contributed by atoms with Crippen molar-refractivity contribution in [2.45, 2.75) is 26.4 Å². The zero-order chi connectivity index (χ0) is 18.9. The summed E-state index contributed by atoms with van der Waals surface area (Å²) < 4.78 is 11.2. The quantitative estimate of drug-likeness (QED) is 0.373. The highest BCUT2D eigenvalue weighted by atomic mass is 16.6. The molecular weight excluding hydrogens is 334 g/mol. The van der Waals surface area contributed by atoms with Crippen molar-refractivity contribution in [2.24, 2.45) is 5.92 Å². The van der Waals surface area contributed by atoms with Gasteiger partial charge in [0.15, 0.2) is 0 Å². The molecule has 0 aliphatic carbocycles. The Morgan fingerprint density at radius 2 is 1.77 bits per heavy atom. The summed E-state index contributed by atoms with van der Waals surface area (Å²) in [5, 5.41) is 10.6. The number of esters is 1. The van der Waals surface area contributed by atoms with E-state index in [0.717, 1.165) is 5.56 Å². The van der Waals surface area contributed by atoms with Gasteiger partial charge in [0.05, 0.1) is 23.2 Å². The lowest BCUT2D eigenvalue weighted by Gasteiger charge is -2.24. The molecule has 6 heteroatoms. The molecule has 6 nitrogen and oxygen atoms in total. The van der Waals surface area contributed by atoms with E-state index in [-0.39, 0.29) is 24.3 Å². The Labute approximate surface area is 152 Å². The fraction of sp³-hybridized carbons (Fsp3) is 0.350. The molecule has 2 aromatic rings. The second-order valence-corrected chi connectivity index (χ2v) is 5.99. The van der Waals surface area contributed by atoms with Gasteiger partial charge < -0.3 is 9.47 Å². The Bertz CT molecular complexity index is 715. The average molecular weight is 357 g/mol. The summed E-state index contributed by atoms with van der Waals surface area (Å²) in [6, 6.07) is 15.3. The Morgan fingerprint density at radius 3 is 2.35 bits per heavy atom. The summed E-state index contributed by atoms with van der Waals surface area (Å²) in [5.41, 5.74) is 1.34. The average Bonchev–Trinajstić information content (AvgIpc) is 2.66. The number of benzene rings is 2. The molecule has 0 aliphatic heterocycles. The predicted octanol–water partition coefficient (Wildman–Crippen LogP) is 4.56. The van der Waals surface area contributed by atoms with Crippen LogP contribution in [0.15, 0.2) is 54.6 Å². The third-order valence-corrected chi connectivity index (χ3v) is 4.11. The topological polar surface area (TPSA) is 78.7 Å². The molecule has 0 aliphatic rings. The second-order valence-electron chi connectivity index (χ2n) is 5.99. The minimum Gasteiger partial charge on any atom is -0.462 e. The smallest absolute Gasteiger partial charge is 0.338 e. The molecule has 0 spiro atoms. The number of nitro benzene ring substituents is 1. The number of nitro groups is 1. The maximum atomic E-state index is 12.0. The van der Waals surface area contributed by atoms with Crippen molar-refractivity contribution >= 4 is 11.7 Å². The van der Waals surface area contributed by atoms with Crippen molar-refractivity contribution in [3.63, 3.8) is 0 Å². The molecule has 0 saturated heterocycles. The van der Waals surface area contributed by atoms with Gasteiger partial charge in [0.25, 0.3) is 5.69 Å². The van der Waals surface area contributed by atoms with Crippen LogP contribution < -0.4 is 0 Å². The molecule has 2 rings (SSSR count). The molecule has 0 amide bonds. The minimum atomic E-state index is -0.506. The number of nitrogens with zero attached hydrogens (tertiary/aromatic N) is 1. The first-order valence-corrected chi connectivity index (χ1v) is 8.61. The van der Waals surface area contributed by atoms with Crippen LogP contribution in [0.2, 0.25) is 0 Å². The Hall–Kier alpha value is -2.73. The summed E-state index contributed by atoms with van der Waals surface area (Å²) in [7, 11) is 0. The zero-order valence-electron chi connectivity index (χ0n) is 15.0. The van der Waals surface area contributed by atoms with Crippen molar-refractivity contribution in [2.75, 3.05) is 13.2 Å². The van der Waals surface area contributed by atoms with Crippen LogP contribution in [-0.2, 0) is 9.47 Å². The molecule has 0 bridgehead atoms. The normalized spacial score (nSPS) is 13.0. The van der Waals surface area contributed by atoms with Gasteiger partial charge in [-0.05, 0) is 37.0 Å². The van der Waals surface area contributed by atoms with Crippen molar-refractivity contribution in [3.8, 4) is 0 Å². The molecular formula is C20H23NO5. The summed E-state index contributed by atoms with van der Waals surface area (Å²) in [6.07, 6.45) is 0.595. The SMILES string of the molecule is CCOC(c1ccccc1)C(C)CCOC(=O)c1ccc([N+](=O)[O-])cc1. The van der Waals surface area contributed by atoms with Gasteiger partial charge in [0, 0.05) is 18.7 Å². The maximum Gasteiger partial charge on any atom is 0.338 e. The third kappa shape index (κ3) is 5.39. The van der Waals surface area contributed by atoms with Crippen LogP contribution in [0, 0.1) is 16.0 Å². The lowest BCUT2D eigenvalue weighted by atomic mass is 9.94. The van der Waals surface area contributed by atoms with Gasteiger partial charge in [-0.25, -0.2) is 4.79 Å². The number of carbonyl (C=O) groups is 1. The van der Waals surface area contributed by atoms with Crippen LogP contribution >= 0.6 is 0 Å². The number of rotatable bonds is 9. The molecule has 26 heavy (non-hydrogen) atoms. The van der Waals surface area contributed by atoms with Crippen LogP contribution in [0.3, 0.4) is 0 Å². The summed E-state index contributed by atoms with van der Waals surface area (Å²) >= 11 is 0. The third-order valence-electron chi connectivity index (χ3n) is 4.11. The fourth-order valence-corrected chi connectivity index (χ4v) is 2.70. The number of ether oxygens (including phenoxy) is 2. The van der Waals surface area contributed by atoms with Crippen molar-refractivity contribution in [1.29, 1.82) is 0 Å². The van der Waals surface area contributed by atoms with E-state index in [0.29, 0.717) is 18.6 Å². The second kappa shape index (κ2) is 9.68. The highest BCUT2D eigenvalue weighted by Crippen LogP contribution is 2.28. The lowest BCUT2D eigenvalue weighted by molar-refractivity contribution is -0.384. The van der Waals surface area contributed by atoms with Crippen LogP contribution in [0.1, 0.15) is 42.3 Å². The van der Waals surface area contributed by atoms with Gasteiger partial charge in [0.2, 0.25) is 0 Å². The van der Waals surface area contributed by atoms with Crippen LogP contribution in [0.4, 0.5) is 5.69 Å². The molecule has 2 aromatic carbocycles. The Kier molecular flexibility index (Phi) is 7.29. The number of hydrogen-bond acceptors (Lipinski definition) is 5. The molecule has 0 N–H and O–H groups in total. The van der Waals surface area contributed by atoms with Gasteiger partial charge in [-0.15, -0.1) is 0 Å². The largest absolute Gasteiger partial charge is 0.462 e. The van der Waals surface area contributed by atoms with E-state index in [9.17, 15) is 14.9 Å². The van der Waals surface area contributed by atoms with Gasteiger partial charge in [-0.3, -0.25) is 10.1 Å². The molecule has 0 aromatic heterocycles. The molecule has 0 saturated carbocycles. The van der Waals surface area contributed by atoms with E-state index >= 15 is 0 Å². The highest BCUT2D eigenvalue weighted by molar-refractivity contribution is 5.89. The van der Waals surface area contributed by atoms with Crippen LogP contribution in [0.5, 0.6) is 0 Å². The molecule has 2 atom stereocenters. The highest BCUT2D eigenvalue weighted by Gasteiger charge is 2.20. The van der Waals surface area contributed by atoms with E-state index in [2.05, 4.69) is 6.92 Å². The van der Waals surface area contributed by atoms with Gasteiger partial charge >= 0.3 is 5.97 Å². The van der Waals surface area contributed by atoms with E-state index in [1.165, 1.54) is 24.3 Å². The fourth-order valence-electron chi connectivity index (χ4n) is 2.70. The summed E-state index contributed by atoms with van der Waals surface area (Å²) in [5.74, 6) is -0.318. The summed E-state index contributed by atoms with van der Waals surface area (Å²) in [6.45, 7) is 4.88. The monoisotopic (exact) mass is 357 g/mol. The first kappa shape index (κ1) is 19.6. The summed E-state index contributed by atoms with van der Waals surface area (Å²) in [4.78, 5) is 22.2. The van der Waals surface area contributed by atoms with Crippen molar-refractivity contribution in [1.82, 2.24) is 0 Å². The number of hydrogen-bond donors (Lipinski definition) is 0. The van der Waals surface area contributed by atoms with Crippen LogP contribution in [0.25, 0.3) is 0 Å². The van der Waals surface area contributed by atoms with Gasteiger partial charge in [0.1, 0.15) is 0 Å². The maximum absolute atomic E-state index is 12.0. The standard InChI is InChI=1S/C20H23NO5/c1-3-25-19(16-7-5-4-6-8-16)15(2)13-14-26-20(22)17-9-11-18(12-10-17)21(23)24/h4-12,15,19H,3,13-14H2,1-2H3. The van der Waals surface area contributed by atoms with E-state index in [4.69, 9.17) is 9.47 Å². The molecule has 2 unspecified atom stereocenters. The van der Waals surface area contributed by atoms with E-state index in [1.54, 1.807) is 0 Å². The Balaban J connectivity index is 1.88. The number of non-ortho nitro benzene ring substituents is 1. The predicted molar refractivity (Wildman–Crippen MR) is 98.0 cm³/mol. The first-order valence-electron chi connectivity index (χ1n) is 8.61. The lowest BCUT2D eigenvalue weighted by Crippen LogP contribution is -2.17. The molecule has 0 radical (unpaired) electrons. The molecule has 0 heterocycles. The number of carbonyl (C=O) groups excluding carboxylic acids is 1. The van der Waals surface area contributed by atoms with Gasteiger partial charge in [-0.2, -0.15) is 0 Å². The van der Waals surface area contributed by atoms with E-state index < -0.39 is 10.9 Å². The minimum absolute atomic E-state index is 0.0562. The Morgan fingerprint density at radius 1 is 1.12 bits per heavy atom.